The van der Waals surface area contributed by atoms with Crippen molar-refractivity contribution in [3.63, 3.8) is 0 Å². The molecule has 0 aliphatic heterocycles. The quantitative estimate of drug-likeness (QED) is 0.237. The average Bonchev–Trinajstić information content (AvgIpc) is 1.12. The monoisotopic (exact) mass is 496 g/mol. The summed E-state index contributed by atoms with van der Waals surface area (Å²) >= 11 is 0. The van der Waals surface area contributed by atoms with Gasteiger partial charge in [-0.3, -0.25) is 0 Å². The zero-order valence-corrected chi connectivity index (χ0v) is 12.2. The number of hydrogen-bond donors (Lipinski definition) is 0. The Kier molecular flexibility index (Phi) is 27.5. The van der Waals surface area contributed by atoms with Gasteiger partial charge in [0.25, 0.3) is 0 Å². The van der Waals surface area contributed by atoms with Crippen LogP contribution in [-0.2, 0) is 67.6 Å². The smallest absolute Gasteiger partial charge is 0.822 e. The van der Waals surface area contributed by atoms with Crippen LogP contribution in [0.1, 0.15) is 0 Å². The Balaban J connectivity index is -0.0000000267. The molecule has 13 heteroatoms. The molecule has 0 amide bonds. The first kappa shape index (κ1) is 29.4. The molecule has 0 atom stereocenters. The van der Waals surface area contributed by atoms with Crippen molar-refractivity contribution in [2.45, 2.75) is 0 Å². The molecular weight excluding hydrogens is 493 g/mol. The van der Waals surface area contributed by atoms with Crippen molar-refractivity contribution >= 4 is 15.6 Å². The van der Waals surface area contributed by atoms with Gasteiger partial charge in [-0.1, -0.05) is 0 Å². The van der Waals surface area contributed by atoms with Gasteiger partial charge in [0.05, 0.1) is 0 Å². The van der Waals surface area contributed by atoms with E-state index in [1.807, 2.05) is 0 Å². The summed E-state index contributed by atoms with van der Waals surface area (Å²) in [6.45, 7) is 0. The van der Waals surface area contributed by atoms with Crippen molar-refractivity contribution in [3.8, 4) is 0 Å². The van der Waals surface area contributed by atoms with Crippen LogP contribution in [0.3, 0.4) is 0 Å². The van der Waals surface area contributed by atoms with Crippen LogP contribution < -0.4 is 29.4 Å². The number of hydrogen-bond acceptors (Lipinski definition) is 8. The molecule has 8 nitrogen and oxygen atoms in total. The summed E-state index contributed by atoms with van der Waals surface area (Å²) in [5.41, 5.74) is 0. The van der Waals surface area contributed by atoms with Crippen molar-refractivity contribution < 1.29 is 96.9 Å². The second-order valence-corrected chi connectivity index (χ2v) is 2.68. The summed E-state index contributed by atoms with van der Waals surface area (Å²) in [7, 11) is -10.8. The fourth-order valence-corrected chi connectivity index (χ4v) is 0. The third-order valence-electron chi connectivity index (χ3n) is 0. The minimum Gasteiger partial charge on any atom is -0.822 e. The molecule has 0 heterocycles. The van der Waals surface area contributed by atoms with E-state index in [9.17, 15) is 0 Å². The van der Waals surface area contributed by atoms with Crippen LogP contribution in [0.25, 0.3) is 0 Å². The van der Waals surface area contributed by atoms with Gasteiger partial charge in [-0.25, -0.2) is 0 Å². The Morgan fingerprint density at radius 3 is 0.538 bits per heavy atom. The molecular formula is O8P2Ru3. The van der Waals surface area contributed by atoms with Crippen molar-refractivity contribution in [3.05, 3.63) is 0 Å². The van der Waals surface area contributed by atoms with Crippen LogP contribution in [-0.4, -0.2) is 0 Å². The molecule has 0 bridgehead atoms. The molecule has 82 valence electrons. The summed E-state index contributed by atoms with van der Waals surface area (Å²) in [4.78, 5) is 51.3. The van der Waals surface area contributed by atoms with E-state index in [2.05, 4.69) is 0 Å². The minimum absolute atomic E-state index is 0. The summed E-state index contributed by atoms with van der Waals surface area (Å²) in [6.07, 6.45) is 0. The van der Waals surface area contributed by atoms with Crippen LogP contribution in [0, 0.1) is 0 Å². The molecule has 0 N–H and O–H groups in total. The molecule has 0 aromatic carbocycles. The maximum Gasteiger partial charge on any atom is 2.00 e. The van der Waals surface area contributed by atoms with E-state index >= 15 is 0 Å². The maximum absolute atomic E-state index is 8.55. The second-order valence-electron chi connectivity index (χ2n) is 0.894. The summed E-state index contributed by atoms with van der Waals surface area (Å²) in [5, 5.41) is 0. The van der Waals surface area contributed by atoms with E-state index in [0.29, 0.717) is 0 Å². The first-order valence-corrected chi connectivity index (χ1v) is 4.38. The normalized spacial score (nSPS) is 9.08. The molecule has 0 aliphatic carbocycles. The van der Waals surface area contributed by atoms with E-state index in [1.165, 1.54) is 0 Å². The number of rotatable bonds is 0. The largest absolute Gasteiger partial charge is 2.00 e. The SMILES string of the molecule is O=P([O-])([O-])[O-].O=P([O-])([O-])[O-].[Ru+2].[Ru+2].[Ru+2]. The molecule has 0 saturated heterocycles. The topological polar surface area (TPSA) is 172 Å². The Labute approximate surface area is 112 Å². The van der Waals surface area contributed by atoms with Gasteiger partial charge in [-0.15, -0.1) is 0 Å². The van der Waals surface area contributed by atoms with Crippen LogP contribution in [0.4, 0.5) is 0 Å². The van der Waals surface area contributed by atoms with E-state index in [1.54, 1.807) is 0 Å². The van der Waals surface area contributed by atoms with Gasteiger partial charge in [0.15, 0.2) is 0 Å². The predicted octanol–water partition coefficient (Wildman–Crippen LogP) is -5.66. The van der Waals surface area contributed by atoms with Gasteiger partial charge < -0.3 is 38.5 Å². The molecule has 0 rings (SSSR count). The molecule has 0 aromatic rings. The van der Waals surface area contributed by atoms with Crippen LogP contribution >= 0.6 is 15.6 Å². The molecule has 0 saturated carbocycles. The third-order valence-corrected chi connectivity index (χ3v) is 0. The van der Waals surface area contributed by atoms with Gasteiger partial charge >= 0.3 is 58.4 Å². The average molecular weight is 493 g/mol. The minimum atomic E-state index is -5.39. The van der Waals surface area contributed by atoms with Gasteiger partial charge in [-0.05, 0) is 0 Å². The fraction of sp³-hybridized carbons (Fsp3) is 0. The van der Waals surface area contributed by atoms with Crippen LogP contribution in [0.5, 0.6) is 0 Å². The van der Waals surface area contributed by atoms with Crippen molar-refractivity contribution in [2.24, 2.45) is 0 Å². The van der Waals surface area contributed by atoms with Gasteiger partial charge in [-0.2, -0.15) is 15.6 Å². The zero-order chi connectivity index (χ0) is 9.00. The molecule has 0 aliphatic rings. The first-order chi connectivity index (χ1) is 4.00. The summed E-state index contributed by atoms with van der Waals surface area (Å²) in [6, 6.07) is 0. The first-order valence-electron chi connectivity index (χ1n) is 1.46. The Morgan fingerprint density at radius 1 is 0.538 bits per heavy atom. The second kappa shape index (κ2) is 12.2. The van der Waals surface area contributed by atoms with Crippen LogP contribution in [0.15, 0.2) is 0 Å². The Bertz CT molecular complexity index is 130. The maximum atomic E-state index is 8.55. The molecule has 0 spiro atoms. The molecule has 0 radical (unpaired) electrons. The third kappa shape index (κ3) is 471. The van der Waals surface area contributed by atoms with Crippen molar-refractivity contribution in [1.82, 2.24) is 0 Å². The number of phosphoric acid groups is 2. The van der Waals surface area contributed by atoms with Crippen molar-refractivity contribution in [2.75, 3.05) is 0 Å². The molecule has 0 fully saturated rings. The standard InChI is InChI=1S/2H3O4P.3Ru/c2*1-5(2,3)4;;;/h2*(H3,1,2,3,4);;;/q;;3*+2/p-6. The molecule has 0 aromatic heterocycles. The van der Waals surface area contributed by atoms with E-state index < -0.39 is 15.6 Å². The van der Waals surface area contributed by atoms with Gasteiger partial charge in [0, 0.05) is 0 Å². The van der Waals surface area contributed by atoms with Crippen LogP contribution in [0.2, 0.25) is 0 Å². The zero-order valence-electron chi connectivity index (χ0n) is 5.22. The predicted molar refractivity (Wildman–Crippen MR) is 15.2 cm³/mol. The van der Waals surface area contributed by atoms with E-state index in [0.717, 1.165) is 0 Å². The van der Waals surface area contributed by atoms with Gasteiger partial charge in [0.2, 0.25) is 0 Å². The summed E-state index contributed by atoms with van der Waals surface area (Å²) < 4.78 is 17.1. The van der Waals surface area contributed by atoms with Crippen molar-refractivity contribution in [1.29, 1.82) is 0 Å². The fourth-order valence-electron chi connectivity index (χ4n) is 0. The molecule has 0 unspecified atom stereocenters. The Morgan fingerprint density at radius 2 is 0.538 bits per heavy atom. The van der Waals surface area contributed by atoms with E-state index in [-0.39, 0.29) is 58.4 Å². The Hall–Kier alpha value is 2.09. The van der Waals surface area contributed by atoms with E-state index in [4.69, 9.17) is 38.5 Å². The van der Waals surface area contributed by atoms with Gasteiger partial charge in [0.1, 0.15) is 0 Å². The molecule has 13 heavy (non-hydrogen) atoms. The summed E-state index contributed by atoms with van der Waals surface area (Å²) in [5.74, 6) is 0.